The Labute approximate surface area is 112 Å². The number of nitrogens with two attached hydrogens (primary N) is 2. The van der Waals surface area contributed by atoms with Crippen LogP contribution in [0.3, 0.4) is 0 Å². The molecule has 1 aromatic rings. The van der Waals surface area contributed by atoms with E-state index >= 15 is 0 Å². The molecule has 1 aromatic carbocycles. The Morgan fingerprint density at radius 3 is 2.47 bits per heavy atom. The van der Waals surface area contributed by atoms with E-state index in [9.17, 15) is 4.79 Å². The third kappa shape index (κ3) is 3.24. The van der Waals surface area contributed by atoms with Gasteiger partial charge in [-0.25, -0.2) is 0 Å². The highest BCUT2D eigenvalue weighted by Gasteiger charge is 2.47. The van der Waals surface area contributed by atoms with Crippen LogP contribution in [0, 0.1) is 5.92 Å². The first-order valence-electron chi connectivity index (χ1n) is 6.47. The highest BCUT2D eigenvalue weighted by molar-refractivity contribution is 5.85. The molecule has 0 heterocycles. The number of rotatable bonds is 7. The number of carbonyl (C=O) groups is 1. The molecular weight excluding hydrogens is 244 g/mol. The van der Waals surface area contributed by atoms with Crippen LogP contribution in [0.4, 0.5) is 0 Å². The lowest BCUT2D eigenvalue weighted by molar-refractivity contribution is -0.125. The molecule has 104 valence electrons. The van der Waals surface area contributed by atoms with Gasteiger partial charge >= 0.3 is 0 Å². The van der Waals surface area contributed by atoms with Crippen LogP contribution in [0.25, 0.3) is 0 Å². The molecule has 1 saturated carbocycles. The Balaban J connectivity index is 1.95. The normalized spacial score (nSPS) is 17.8. The minimum absolute atomic E-state index is 0.104. The van der Waals surface area contributed by atoms with Gasteiger partial charge in [0.15, 0.2) is 0 Å². The van der Waals surface area contributed by atoms with Crippen molar-refractivity contribution in [2.45, 2.75) is 24.8 Å². The zero-order valence-electron chi connectivity index (χ0n) is 10.8. The minimum atomic E-state index is -1.07. The van der Waals surface area contributed by atoms with Crippen molar-refractivity contribution >= 4 is 5.91 Å². The zero-order chi connectivity index (χ0) is 13.9. The summed E-state index contributed by atoms with van der Waals surface area (Å²) in [6.45, 7) is 0.224. The summed E-state index contributed by atoms with van der Waals surface area (Å²) in [5, 5.41) is 8.83. The van der Waals surface area contributed by atoms with Gasteiger partial charge in [-0.05, 0) is 42.9 Å². The average molecular weight is 264 g/mol. The largest absolute Gasteiger partial charge is 0.491 e. The fourth-order valence-corrected chi connectivity index (χ4v) is 2.07. The van der Waals surface area contributed by atoms with Crippen molar-refractivity contribution in [2.75, 3.05) is 13.2 Å². The van der Waals surface area contributed by atoms with E-state index in [4.69, 9.17) is 21.3 Å². The van der Waals surface area contributed by atoms with E-state index in [1.807, 2.05) is 12.1 Å². The van der Waals surface area contributed by atoms with E-state index in [2.05, 4.69) is 0 Å². The third-order valence-electron chi connectivity index (χ3n) is 3.57. The van der Waals surface area contributed by atoms with Crippen molar-refractivity contribution in [3.8, 4) is 5.75 Å². The molecule has 1 aliphatic carbocycles. The number of amides is 1. The molecule has 5 nitrogen and oxygen atoms in total. The van der Waals surface area contributed by atoms with Crippen LogP contribution in [0.5, 0.6) is 5.75 Å². The number of hydrogen-bond acceptors (Lipinski definition) is 4. The Bertz CT molecular complexity index is 443. The summed E-state index contributed by atoms with van der Waals surface area (Å²) in [4.78, 5) is 11.5. The van der Waals surface area contributed by atoms with Crippen LogP contribution in [0.15, 0.2) is 24.3 Å². The summed E-state index contributed by atoms with van der Waals surface area (Å²) in [7, 11) is 0. The molecule has 1 unspecified atom stereocenters. The Morgan fingerprint density at radius 2 is 2.00 bits per heavy atom. The fourth-order valence-electron chi connectivity index (χ4n) is 2.07. The quantitative estimate of drug-likeness (QED) is 0.655. The number of carbonyl (C=O) groups excluding carboxylic acids is 1. The van der Waals surface area contributed by atoms with Gasteiger partial charge in [-0.1, -0.05) is 12.1 Å². The summed E-state index contributed by atoms with van der Waals surface area (Å²) in [5.41, 5.74) is 11.4. The van der Waals surface area contributed by atoms with E-state index in [-0.39, 0.29) is 19.1 Å². The second-order valence-corrected chi connectivity index (χ2v) is 5.09. The molecule has 0 saturated heterocycles. The summed E-state index contributed by atoms with van der Waals surface area (Å²) < 4.78 is 5.58. The van der Waals surface area contributed by atoms with Crippen molar-refractivity contribution < 1.29 is 14.6 Å². The predicted molar refractivity (Wildman–Crippen MR) is 71.6 cm³/mol. The Hall–Kier alpha value is -1.59. The van der Waals surface area contributed by atoms with E-state index in [1.54, 1.807) is 12.1 Å². The molecule has 0 radical (unpaired) electrons. The van der Waals surface area contributed by atoms with Crippen molar-refractivity contribution in [2.24, 2.45) is 17.4 Å². The van der Waals surface area contributed by atoms with Gasteiger partial charge in [0.2, 0.25) is 5.91 Å². The highest BCUT2D eigenvalue weighted by atomic mass is 16.5. The summed E-state index contributed by atoms with van der Waals surface area (Å²) >= 11 is 0. The van der Waals surface area contributed by atoms with Crippen molar-refractivity contribution in [3.05, 3.63) is 29.8 Å². The zero-order valence-corrected chi connectivity index (χ0v) is 10.8. The smallest absolute Gasteiger partial charge is 0.241 e. The SMILES string of the molecule is NC(=O)C(N)(COc1ccc(CCO)cc1)C1CC1. The molecule has 0 spiro atoms. The topological polar surface area (TPSA) is 98.6 Å². The Kier molecular flexibility index (Phi) is 4.07. The van der Waals surface area contributed by atoms with Gasteiger partial charge in [0.25, 0.3) is 0 Å². The van der Waals surface area contributed by atoms with Crippen LogP contribution in [-0.2, 0) is 11.2 Å². The maximum absolute atomic E-state index is 11.5. The van der Waals surface area contributed by atoms with Crippen LogP contribution < -0.4 is 16.2 Å². The van der Waals surface area contributed by atoms with Gasteiger partial charge in [0.1, 0.15) is 17.9 Å². The van der Waals surface area contributed by atoms with E-state index in [1.165, 1.54) is 0 Å². The Morgan fingerprint density at radius 1 is 1.37 bits per heavy atom. The maximum atomic E-state index is 11.5. The van der Waals surface area contributed by atoms with Gasteiger partial charge in [-0.2, -0.15) is 0 Å². The predicted octanol–water partition coefficient (Wildman–Crippen LogP) is 0.193. The van der Waals surface area contributed by atoms with Crippen LogP contribution in [0.1, 0.15) is 18.4 Å². The van der Waals surface area contributed by atoms with Crippen molar-refractivity contribution in [3.63, 3.8) is 0 Å². The number of benzene rings is 1. The standard InChI is InChI=1S/C14H20N2O3/c15-13(18)14(16,11-3-4-11)9-19-12-5-1-10(2-6-12)7-8-17/h1-2,5-6,11,17H,3-4,7-9,16H2,(H2,15,18). The van der Waals surface area contributed by atoms with Gasteiger partial charge in [-0.15, -0.1) is 0 Å². The summed E-state index contributed by atoms with van der Waals surface area (Å²) in [5.74, 6) is 0.281. The average Bonchev–Trinajstić information content (AvgIpc) is 3.22. The van der Waals surface area contributed by atoms with E-state index in [0.717, 1.165) is 18.4 Å². The lowest BCUT2D eigenvalue weighted by Crippen LogP contribution is -2.58. The van der Waals surface area contributed by atoms with E-state index < -0.39 is 11.4 Å². The molecule has 1 amide bonds. The fraction of sp³-hybridized carbons (Fsp3) is 0.500. The number of hydrogen-bond donors (Lipinski definition) is 3. The van der Waals surface area contributed by atoms with Crippen molar-refractivity contribution in [1.29, 1.82) is 0 Å². The number of ether oxygens (including phenoxy) is 1. The second kappa shape index (κ2) is 5.59. The number of aliphatic hydroxyl groups excluding tert-OH is 1. The molecule has 0 aliphatic heterocycles. The van der Waals surface area contributed by atoms with Crippen LogP contribution in [0.2, 0.25) is 0 Å². The number of aliphatic hydroxyl groups is 1. The molecule has 1 aliphatic rings. The number of primary amides is 1. The molecular formula is C14H20N2O3. The van der Waals surface area contributed by atoms with Gasteiger partial charge in [-0.3, -0.25) is 4.79 Å². The minimum Gasteiger partial charge on any atom is -0.491 e. The first-order valence-corrected chi connectivity index (χ1v) is 6.47. The summed E-state index contributed by atoms with van der Waals surface area (Å²) in [6, 6.07) is 7.37. The van der Waals surface area contributed by atoms with Gasteiger partial charge < -0.3 is 21.3 Å². The molecule has 5 N–H and O–H groups in total. The highest BCUT2D eigenvalue weighted by Crippen LogP contribution is 2.38. The molecule has 2 rings (SSSR count). The molecule has 5 heteroatoms. The second-order valence-electron chi connectivity index (χ2n) is 5.09. The third-order valence-corrected chi connectivity index (χ3v) is 3.57. The molecule has 0 bridgehead atoms. The maximum Gasteiger partial charge on any atom is 0.241 e. The van der Waals surface area contributed by atoms with Gasteiger partial charge in [0, 0.05) is 6.61 Å². The lowest BCUT2D eigenvalue weighted by atomic mass is 9.95. The van der Waals surface area contributed by atoms with Gasteiger partial charge in [0.05, 0.1) is 0 Å². The molecule has 1 fully saturated rings. The lowest BCUT2D eigenvalue weighted by Gasteiger charge is -2.25. The molecule has 0 aromatic heterocycles. The van der Waals surface area contributed by atoms with Crippen LogP contribution >= 0.6 is 0 Å². The first kappa shape index (κ1) is 13.8. The van der Waals surface area contributed by atoms with Crippen molar-refractivity contribution in [1.82, 2.24) is 0 Å². The summed E-state index contributed by atoms with van der Waals surface area (Å²) in [6.07, 6.45) is 2.47. The first-order chi connectivity index (χ1) is 9.06. The van der Waals surface area contributed by atoms with Crippen LogP contribution in [-0.4, -0.2) is 29.8 Å². The monoisotopic (exact) mass is 264 g/mol. The molecule has 19 heavy (non-hydrogen) atoms. The molecule has 1 atom stereocenters. The van der Waals surface area contributed by atoms with E-state index in [0.29, 0.717) is 12.2 Å².